The fraction of sp³-hybridized carbons (Fsp3) is 0.600. The minimum Gasteiger partial charge on any atom is -0.383 e. The molecule has 1 atom stereocenters. The number of nitrogen functional groups attached to an aromatic ring is 1. The lowest BCUT2D eigenvalue weighted by Gasteiger charge is -2.21. The molecule has 1 fully saturated rings. The molecule has 16 heavy (non-hydrogen) atoms. The van der Waals surface area contributed by atoms with E-state index in [0.717, 1.165) is 39.6 Å². The average molecular weight is 351 g/mol. The molecule has 6 heteroatoms. The number of rotatable bonds is 2. The van der Waals surface area contributed by atoms with Gasteiger partial charge in [-0.1, -0.05) is 6.92 Å². The first kappa shape index (κ1) is 12.4. The highest BCUT2D eigenvalue weighted by Gasteiger charge is 2.21. The summed E-state index contributed by atoms with van der Waals surface area (Å²) in [6.45, 7) is 2.84. The molecule has 0 aliphatic carbocycles. The molecule has 0 bridgehead atoms. The lowest BCUT2D eigenvalue weighted by atomic mass is 10.3. The van der Waals surface area contributed by atoms with Gasteiger partial charge in [0.2, 0.25) is 0 Å². The Bertz CT molecular complexity index is 383. The van der Waals surface area contributed by atoms with Crippen molar-refractivity contribution in [3.05, 3.63) is 15.1 Å². The van der Waals surface area contributed by atoms with Gasteiger partial charge in [0.1, 0.15) is 11.9 Å². The van der Waals surface area contributed by atoms with Gasteiger partial charge >= 0.3 is 0 Å². The van der Waals surface area contributed by atoms with Gasteiger partial charge in [-0.25, -0.2) is 9.97 Å². The van der Waals surface area contributed by atoms with Crippen LogP contribution in [0.25, 0.3) is 0 Å². The average Bonchev–Trinajstić information content (AvgIpc) is 2.33. The van der Waals surface area contributed by atoms with Crippen LogP contribution in [0.4, 0.5) is 5.82 Å². The van der Waals surface area contributed by atoms with Crippen molar-refractivity contribution in [1.82, 2.24) is 9.97 Å². The second-order valence-corrected chi connectivity index (χ2v) is 5.74. The van der Waals surface area contributed by atoms with Crippen LogP contribution in [0.3, 0.4) is 0 Å². The molecule has 2 rings (SSSR count). The summed E-state index contributed by atoms with van der Waals surface area (Å²) in [5.41, 5.74) is 6.90. The second kappa shape index (κ2) is 5.50. The highest BCUT2D eigenvalue weighted by Crippen LogP contribution is 2.26. The number of nitrogens with two attached hydrogens (primary N) is 1. The summed E-state index contributed by atoms with van der Waals surface area (Å²) in [5, 5.41) is 0. The number of nitrogens with zero attached hydrogens (tertiary/aromatic N) is 2. The van der Waals surface area contributed by atoms with E-state index in [4.69, 9.17) is 10.5 Å². The van der Waals surface area contributed by atoms with Crippen LogP contribution in [0.1, 0.15) is 24.5 Å². The molecule has 1 unspecified atom stereocenters. The van der Waals surface area contributed by atoms with Gasteiger partial charge in [0.25, 0.3) is 0 Å². The first-order chi connectivity index (χ1) is 7.72. The summed E-state index contributed by atoms with van der Waals surface area (Å²) in [6, 6.07) is 0. The fourth-order valence-corrected chi connectivity index (χ4v) is 3.01. The largest absolute Gasteiger partial charge is 0.383 e. The van der Waals surface area contributed by atoms with E-state index in [-0.39, 0.29) is 6.10 Å². The molecule has 88 valence electrons. The number of anilines is 1. The maximum absolute atomic E-state index is 5.88. The Hall–Kier alpha value is -0.0800. The van der Waals surface area contributed by atoms with E-state index >= 15 is 0 Å². The third-order valence-corrected chi connectivity index (χ3v) is 4.57. The zero-order valence-electron chi connectivity index (χ0n) is 9.07. The number of halogens is 1. The molecule has 0 saturated carbocycles. The SMILES string of the molecule is CCc1nc(C2CSCCO2)nc(N)c1I. The summed E-state index contributed by atoms with van der Waals surface area (Å²) >= 11 is 4.07. The van der Waals surface area contributed by atoms with E-state index in [0.29, 0.717) is 5.82 Å². The number of aryl methyl sites for hydroxylation is 1. The van der Waals surface area contributed by atoms with Crippen molar-refractivity contribution >= 4 is 40.2 Å². The van der Waals surface area contributed by atoms with Crippen LogP contribution in [-0.4, -0.2) is 28.1 Å². The van der Waals surface area contributed by atoms with Crippen molar-refractivity contribution in [3.63, 3.8) is 0 Å². The minimum absolute atomic E-state index is 0.00310. The first-order valence-electron chi connectivity index (χ1n) is 5.23. The molecule has 1 saturated heterocycles. The predicted molar refractivity (Wildman–Crippen MR) is 74.6 cm³/mol. The summed E-state index contributed by atoms with van der Waals surface area (Å²) in [7, 11) is 0. The number of aromatic nitrogens is 2. The molecule has 2 N–H and O–H groups in total. The van der Waals surface area contributed by atoms with Crippen LogP contribution in [0.2, 0.25) is 0 Å². The minimum atomic E-state index is 0.00310. The Morgan fingerprint density at radius 2 is 2.38 bits per heavy atom. The normalized spacial score (nSPS) is 21.0. The summed E-state index contributed by atoms with van der Waals surface area (Å²) in [5.74, 6) is 3.28. The zero-order chi connectivity index (χ0) is 11.5. The van der Waals surface area contributed by atoms with Crippen LogP contribution in [-0.2, 0) is 11.2 Å². The van der Waals surface area contributed by atoms with Crippen molar-refractivity contribution in [2.45, 2.75) is 19.4 Å². The maximum atomic E-state index is 5.88. The van der Waals surface area contributed by atoms with Crippen molar-refractivity contribution in [2.75, 3.05) is 23.8 Å². The number of ether oxygens (including phenoxy) is 1. The van der Waals surface area contributed by atoms with Gasteiger partial charge in [-0.15, -0.1) is 0 Å². The maximum Gasteiger partial charge on any atom is 0.160 e. The third-order valence-electron chi connectivity index (χ3n) is 2.40. The zero-order valence-corrected chi connectivity index (χ0v) is 12.0. The lowest BCUT2D eigenvalue weighted by Crippen LogP contribution is -2.20. The van der Waals surface area contributed by atoms with E-state index in [1.165, 1.54) is 0 Å². The highest BCUT2D eigenvalue weighted by atomic mass is 127. The van der Waals surface area contributed by atoms with Gasteiger partial charge in [0, 0.05) is 11.5 Å². The Kier molecular flexibility index (Phi) is 4.26. The van der Waals surface area contributed by atoms with Gasteiger partial charge in [-0.3, -0.25) is 0 Å². The van der Waals surface area contributed by atoms with Crippen molar-refractivity contribution < 1.29 is 4.74 Å². The summed E-state index contributed by atoms with van der Waals surface area (Å²) < 4.78 is 6.62. The standard InChI is InChI=1S/C10H14IN3OS/c1-2-6-8(11)9(12)14-10(13-6)7-5-16-4-3-15-7/h7H,2-5H2,1H3,(H2,12,13,14). The molecule has 1 aromatic rings. The Morgan fingerprint density at radius 1 is 1.56 bits per heavy atom. The summed E-state index contributed by atoms with van der Waals surface area (Å²) in [6.07, 6.45) is 0.876. The smallest absolute Gasteiger partial charge is 0.160 e. The Balaban J connectivity index is 2.29. The van der Waals surface area contributed by atoms with Crippen LogP contribution in [0.5, 0.6) is 0 Å². The molecule has 2 heterocycles. The summed E-state index contributed by atoms with van der Waals surface area (Å²) in [4.78, 5) is 8.86. The molecule has 1 aliphatic heterocycles. The predicted octanol–water partition coefficient (Wildman–Crippen LogP) is 2.03. The molecule has 1 aromatic heterocycles. The van der Waals surface area contributed by atoms with Crippen LogP contribution in [0.15, 0.2) is 0 Å². The fourth-order valence-electron chi connectivity index (χ4n) is 1.55. The van der Waals surface area contributed by atoms with E-state index in [2.05, 4.69) is 39.5 Å². The molecule has 0 aromatic carbocycles. The quantitative estimate of drug-likeness (QED) is 0.827. The monoisotopic (exact) mass is 351 g/mol. The van der Waals surface area contributed by atoms with Crippen LogP contribution >= 0.6 is 34.4 Å². The van der Waals surface area contributed by atoms with Gasteiger partial charge in [0.05, 0.1) is 15.9 Å². The number of thioether (sulfide) groups is 1. The molecule has 0 spiro atoms. The molecular weight excluding hydrogens is 337 g/mol. The lowest BCUT2D eigenvalue weighted by molar-refractivity contribution is 0.0693. The van der Waals surface area contributed by atoms with Crippen LogP contribution < -0.4 is 5.73 Å². The van der Waals surface area contributed by atoms with Gasteiger partial charge in [0.15, 0.2) is 5.82 Å². The second-order valence-electron chi connectivity index (χ2n) is 3.52. The number of hydrogen-bond acceptors (Lipinski definition) is 5. The molecule has 1 aliphatic rings. The number of hydrogen-bond donors (Lipinski definition) is 1. The van der Waals surface area contributed by atoms with Gasteiger partial charge in [-0.2, -0.15) is 11.8 Å². The Morgan fingerprint density at radius 3 is 3.00 bits per heavy atom. The van der Waals surface area contributed by atoms with E-state index in [9.17, 15) is 0 Å². The van der Waals surface area contributed by atoms with E-state index < -0.39 is 0 Å². The highest BCUT2D eigenvalue weighted by molar-refractivity contribution is 14.1. The molecule has 0 amide bonds. The molecular formula is C10H14IN3OS. The van der Waals surface area contributed by atoms with Crippen molar-refractivity contribution in [3.8, 4) is 0 Å². The third kappa shape index (κ3) is 2.60. The first-order valence-corrected chi connectivity index (χ1v) is 7.46. The molecule has 4 nitrogen and oxygen atoms in total. The van der Waals surface area contributed by atoms with Gasteiger partial charge < -0.3 is 10.5 Å². The topological polar surface area (TPSA) is 61.0 Å². The Labute approximate surface area is 113 Å². The van der Waals surface area contributed by atoms with E-state index in [1.807, 2.05) is 11.8 Å². The van der Waals surface area contributed by atoms with Gasteiger partial charge in [-0.05, 0) is 29.0 Å². The van der Waals surface area contributed by atoms with Crippen molar-refractivity contribution in [2.24, 2.45) is 0 Å². The van der Waals surface area contributed by atoms with Crippen LogP contribution in [0, 0.1) is 3.57 Å². The van der Waals surface area contributed by atoms with Crippen molar-refractivity contribution in [1.29, 1.82) is 0 Å². The molecule has 0 radical (unpaired) electrons. The van der Waals surface area contributed by atoms with E-state index in [1.54, 1.807) is 0 Å².